The Bertz CT molecular complexity index is 1020. The minimum absolute atomic E-state index is 0.214. The quantitative estimate of drug-likeness (QED) is 0.666. The third-order valence-corrected chi connectivity index (χ3v) is 5.37. The zero-order valence-electron chi connectivity index (χ0n) is 15.5. The second kappa shape index (κ2) is 8.67. The maximum absolute atomic E-state index is 12.3. The van der Waals surface area contributed by atoms with Gasteiger partial charge in [-0.2, -0.15) is 0 Å². The molecule has 0 atom stereocenters. The number of carbonyl (C=O) groups is 1. The average Bonchev–Trinajstić information content (AvgIpc) is 2.71. The van der Waals surface area contributed by atoms with Gasteiger partial charge in [-0.15, -0.1) is 0 Å². The van der Waals surface area contributed by atoms with Crippen LogP contribution in [0.25, 0.3) is 0 Å². The summed E-state index contributed by atoms with van der Waals surface area (Å²) < 4.78 is 25.8. The zero-order valence-corrected chi connectivity index (χ0v) is 16.3. The van der Waals surface area contributed by atoms with Gasteiger partial charge in [-0.25, -0.2) is 13.4 Å². The van der Waals surface area contributed by atoms with Crippen molar-refractivity contribution in [1.29, 1.82) is 0 Å². The SMILES string of the molecule is CS(=O)(=O)N(Cc1ccccc1)c1ccc(C(=O)NCc2cc[nH+]cc2)cc1. The van der Waals surface area contributed by atoms with E-state index in [1.807, 2.05) is 42.5 Å². The molecule has 1 amide bonds. The van der Waals surface area contributed by atoms with Crippen LogP contribution in [-0.2, 0) is 23.1 Å². The zero-order chi connectivity index (χ0) is 20.0. The summed E-state index contributed by atoms with van der Waals surface area (Å²) in [6, 6.07) is 19.7. The minimum atomic E-state index is -3.47. The summed E-state index contributed by atoms with van der Waals surface area (Å²) >= 11 is 0. The summed E-state index contributed by atoms with van der Waals surface area (Å²) in [5.41, 5.74) is 2.85. The van der Waals surface area contributed by atoms with Gasteiger partial charge in [0.05, 0.1) is 18.5 Å². The van der Waals surface area contributed by atoms with E-state index in [1.165, 1.54) is 10.6 Å². The van der Waals surface area contributed by atoms with Crippen molar-refractivity contribution in [3.8, 4) is 0 Å². The van der Waals surface area contributed by atoms with E-state index < -0.39 is 10.0 Å². The van der Waals surface area contributed by atoms with Crippen molar-refractivity contribution in [3.63, 3.8) is 0 Å². The van der Waals surface area contributed by atoms with E-state index in [0.717, 1.165) is 11.1 Å². The molecule has 0 fully saturated rings. The first-order chi connectivity index (χ1) is 13.4. The molecule has 3 aromatic rings. The summed E-state index contributed by atoms with van der Waals surface area (Å²) in [5.74, 6) is -0.214. The van der Waals surface area contributed by atoms with Gasteiger partial charge < -0.3 is 5.32 Å². The highest BCUT2D eigenvalue weighted by atomic mass is 32.2. The maximum Gasteiger partial charge on any atom is 0.251 e. The van der Waals surface area contributed by atoms with Gasteiger partial charge in [-0.1, -0.05) is 30.3 Å². The van der Waals surface area contributed by atoms with Crippen molar-refractivity contribution in [2.75, 3.05) is 10.6 Å². The Kier molecular flexibility index (Phi) is 6.06. The first-order valence-electron chi connectivity index (χ1n) is 8.78. The van der Waals surface area contributed by atoms with E-state index in [2.05, 4.69) is 10.3 Å². The van der Waals surface area contributed by atoms with Crippen molar-refractivity contribution in [3.05, 3.63) is 95.8 Å². The first kappa shape index (κ1) is 19.6. The topological polar surface area (TPSA) is 80.6 Å². The molecular weight excluding hydrogens is 374 g/mol. The summed E-state index contributed by atoms with van der Waals surface area (Å²) in [4.78, 5) is 15.3. The molecule has 0 aliphatic carbocycles. The second-order valence-corrected chi connectivity index (χ2v) is 8.30. The van der Waals surface area contributed by atoms with Crippen LogP contribution in [0.1, 0.15) is 21.5 Å². The van der Waals surface area contributed by atoms with Crippen molar-refractivity contribution in [1.82, 2.24) is 5.32 Å². The van der Waals surface area contributed by atoms with Crippen molar-refractivity contribution in [2.45, 2.75) is 13.1 Å². The van der Waals surface area contributed by atoms with Crippen LogP contribution in [0.15, 0.2) is 79.1 Å². The molecule has 0 spiro atoms. The van der Waals surface area contributed by atoms with Crippen molar-refractivity contribution < 1.29 is 18.2 Å². The van der Waals surface area contributed by atoms with E-state index in [-0.39, 0.29) is 12.5 Å². The molecule has 1 heterocycles. The third-order valence-electron chi connectivity index (χ3n) is 4.23. The molecule has 0 saturated carbocycles. The molecule has 0 aliphatic rings. The van der Waals surface area contributed by atoms with Gasteiger partial charge in [0.1, 0.15) is 0 Å². The number of pyridine rings is 1. The van der Waals surface area contributed by atoms with Gasteiger partial charge in [0.15, 0.2) is 12.4 Å². The van der Waals surface area contributed by atoms with E-state index >= 15 is 0 Å². The van der Waals surface area contributed by atoms with E-state index in [9.17, 15) is 13.2 Å². The number of rotatable bonds is 7. The van der Waals surface area contributed by atoms with Gasteiger partial charge in [-0.05, 0) is 35.4 Å². The van der Waals surface area contributed by atoms with Crippen LogP contribution in [0.2, 0.25) is 0 Å². The summed E-state index contributed by atoms with van der Waals surface area (Å²) in [6.07, 6.45) is 4.76. The molecule has 1 aromatic heterocycles. The van der Waals surface area contributed by atoms with Gasteiger partial charge in [0, 0.05) is 24.2 Å². The number of nitrogens with zero attached hydrogens (tertiary/aromatic N) is 1. The maximum atomic E-state index is 12.3. The number of aromatic amines is 1. The lowest BCUT2D eigenvalue weighted by atomic mass is 10.1. The number of anilines is 1. The highest BCUT2D eigenvalue weighted by Gasteiger charge is 2.18. The summed E-state index contributed by atoms with van der Waals surface area (Å²) in [5, 5.41) is 2.85. The monoisotopic (exact) mass is 396 g/mol. The smallest absolute Gasteiger partial charge is 0.251 e. The van der Waals surface area contributed by atoms with E-state index in [1.54, 1.807) is 36.7 Å². The van der Waals surface area contributed by atoms with Crippen LogP contribution in [-0.4, -0.2) is 20.6 Å². The number of hydrogen-bond donors (Lipinski definition) is 1. The lowest BCUT2D eigenvalue weighted by Gasteiger charge is -2.22. The number of carbonyl (C=O) groups excluding carboxylic acids is 1. The Morgan fingerprint density at radius 3 is 2.18 bits per heavy atom. The van der Waals surface area contributed by atoms with Crippen LogP contribution < -0.4 is 14.6 Å². The standard InChI is InChI=1S/C21H21N3O3S/c1-28(26,27)24(16-18-5-3-2-4-6-18)20-9-7-19(8-10-20)21(25)23-15-17-11-13-22-14-12-17/h2-14H,15-16H2,1H3,(H,23,25)/p+1. The highest BCUT2D eigenvalue weighted by Crippen LogP contribution is 2.21. The van der Waals surface area contributed by atoms with Crippen LogP contribution in [0.3, 0.4) is 0 Å². The fraction of sp³-hybridized carbons (Fsp3) is 0.143. The molecule has 144 valence electrons. The lowest BCUT2D eigenvalue weighted by molar-refractivity contribution is -0.378. The van der Waals surface area contributed by atoms with Gasteiger partial charge in [0.25, 0.3) is 5.91 Å². The predicted molar refractivity (Wildman–Crippen MR) is 108 cm³/mol. The summed E-state index contributed by atoms with van der Waals surface area (Å²) in [6.45, 7) is 0.648. The molecule has 3 rings (SSSR count). The van der Waals surface area contributed by atoms with Gasteiger partial charge >= 0.3 is 0 Å². The molecule has 0 bridgehead atoms. The second-order valence-electron chi connectivity index (χ2n) is 6.39. The Labute approximate surface area is 164 Å². The van der Waals surface area contributed by atoms with Gasteiger partial charge in [-0.3, -0.25) is 9.10 Å². The molecular formula is C21H22N3O3S+. The van der Waals surface area contributed by atoms with Crippen molar-refractivity contribution >= 4 is 21.6 Å². The largest absolute Gasteiger partial charge is 0.348 e. The van der Waals surface area contributed by atoms with Crippen LogP contribution >= 0.6 is 0 Å². The molecule has 28 heavy (non-hydrogen) atoms. The summed E-state index contributed by atoms with van der Waals surface area (Å²) in [7, 11) is -3.47. The van der Waals surface area contributed by atoms with Crippen molar-refractivity contribution in [2.24, 2.45) is 0 Å². The van der Waals surface area contributed by atoms with Crippen LogP contribution in [0.4, 0.5) is 5.69 Å². The van der Waals surface area contributed by atoms with Gasteiger partial charge in [0.2, 0.25) is 10.0 Å². The number of H-pyrrole nitrogens is 1. The predicted octanol–water partition coefficient (Wildman–Crippen LogP) is 2.40. The number of benzene rings is 2. The number of aromatic nitrogens is 1. The number of hydrogen-bond acceptors (Lipinski definition) is 3. The third kappa shape index (κ3) is 5.17. The number of sulfonamides is 1. The molecule has 2 N–H and O–H groups in total. The Hall–Kier alpha value is -3.19. The molecule has 6 nitrogen and oxygen atoms in total. The average molecular weight is 396 g/mol. The Morgan fingerprint density at radius 2 is 1.57 bits per heavy atom. The van der Waals surface area contributed by atoms with Crippen LogP contribution in [0, 0.1) is 0 Å². The molecule has 0 saturated heterocycles. The lowest BCUT2D eigenvalue weighted by Crippen LogP contribution is -2.29. The van der Waals surface area contributed by atoms with Crippen LogP contribution in [0.5, 0.6) is 0 Å². The fourth-order valence-electron chi connectivity index (χ4n) is 2.75. The number of amides is 1. The molecule has 2 aromatic carbocycles. The number of nitrogens with one attached hydrogen (secondary N) is 2. The normalized spacial score (nSPS) is 11.0. The molecule has 7 heteroatoms. The Morgan fingerprint density at radius 1 is 0.929 bits per heavy atom. The Balaban J connectivity index is 1.72. The van der Waals surface area contributed by atoms with E-state index in [4.69, 9.17) is 0 Å². The minimum Gasteiger partial charge on any atom is -0.348 e. The molecule has 0 aliphatic heterocycles. The first-order valence-corrected chi connectivity index (χ1v) is 10.6. The molecule has 0 unspecified atom stereocenters. The fourth-order valence-corrected chi connectivity index (χ4v) is 3.64. The highest BCUT2D eigenvalue weighted by molar-refractivity contribution is 7.92. The molecule has 0 radical (unpaired) electrons. The van der Waals surface area contributed by atoms with E-state index in [0.29, 0.717) is 17.8 Å².